The van der Waals surface area contributed by atoms with Gasteiger partial charge in [0, 0.05) is 35.4 Å². The summed E-state index contributed by atoms with van der Waals surface area (Å²) in [5.74, 6) is 0.498. The van der Waals surface area contributed by atoms with Gasteiger partial charge in [0.25, 0.3) is 5.91 Å². The molecule has 4 rings (SSSR count). The average molecular weight is 331 g/mol. The van der Waals surface area contributed by atoms with Gasteiger partial charge in [0.1, 0.15) is 5.69 Å². The third kappa shape index (κ3) is 3.24. The zero-order valence-electron chi connectivity index (χ0n) is 13.6. The fraction of sp³-hybridized carbons (Fsp3) is 0.211. The molecule has 0 aliphatic heterocycles. The molecule has 2 aromatic heterocycles. The predicted octanol–water partition coefficient (Wildman–Crippen LogP) is 2.74. The Kier molecular flexibility index (Phi) is 4.16. The van der Waals surface area contributed by atoms with E-state index in [0.29, 0.717) is 5.69 Å². The number of carbonyl (C=O) groups excluding carboxylic acids is 1. The highest BCUT2D eigenvalue weighted by Gasteiger charge is 2.24. The molecule has 0 fully saturated rings. The summed E-state index contributed by atoms with van der Waals surface area (Å²) < 4.78 is 0. The van der Waals surface area contributed by atoms with Crippen molar-refractivity contribution < 1.29 is 4.79 Å². The summed E-state index contributed by atoms with van der Waals surface area (Å²) in [5, 5.41) is 3.03. The lowest BCUT2D eigenvalue weighted by Gasteiger charge is -2.25. The van der Waals surface area contributed by atoms with Crippen LogP contribution in [0.1, 0.15) is 40.6 Å². The molecule has 1 atom stereocenters. The third-order valence-electron chi connectivity index (χ3n) is 4.31. The van der Waals surface area contributed by atoms with Gasteiger partial charge >= 0.3 is 0 Å². The standard InChI is InChI=1S/C19H17N5O/c25-19(17-12-20-9-10-21-17)24-16-8-4-7-15-14(16)11-22-18(23-15)13-5-2-1-3-6-13/h1-3,5-6,9-12,16H,4,7-8H2,(H,24,25)/t16-/m0/s1. The van der Waals surface area contributed by atoms with Gasteiger partial charge in [-0.15, -0.1) is 0 Å². The number of fused-ring (bicyclic) bond motifs is 1. The van der Waals surface area contributed by atoms with E-state index < -0.39 is 0 Å². The zero-order valence-corrected chi connectivity index (χ0v) is 13.6. The molecule has 124 valence electrons. The maximum absolute atomic E-state index is 12.4. The van der Waals surface area contributed by atoms with Crippen molar-refractivity contribution in [2.75, 3.05) is 0 Å². The molecular formula is C19H17N5O. The van der Waals surface area contributed by atoms with Gasteiger partial charge in [-0.25, -0.2) is 15.0 Å². The van der Waals surface area contributed by atoms with Crippen LogP contribution in [0.5, 0.6) is 0 Å². The molecule has 1 aliphatic rings. The van der Waals surface area contributed by atoms with Crippen LogP contribution < -0.4 is 5.32 Å². The molecule has 1 aromatic carbocycles. The molecule has 0 spiro atoms. The lowest BCUT2D eigenvalue weighted by molar-refractivity contribution is 0.0927. The number of benzene rings is 1. The van der Waals surface area contributed by atoms with E-state index in [-0.39, 0.29) is 11.9 Å². The summed E-state index contributed by atoms with van der Waals surface area (Å²) in [5.41, 5.74) is 3.31. The number of carbonyl (C=O) groups is 1. The Morgan fingerprint density at radius 3 is 2.76 bits per heavy atom. The molecular weight excluding hydrogens is 314 g/mol. The summed E-state index contributed by atoms with van der Waals surface area (Å²) in [6.45, 7) is 0. The van der Waals surface area contributed by atoms with E-state index in [9.17, 15) is 4.79 Å². The van der Waals surface area contributed by atoms with Gasteiger partial charge < -0.3 is 5.32 Å². The van der Waals surface area contributed by atoms with Gasteiger partial charge in [-0.1, -0.05) is 30.3 Å². The van der Waals surface area contributed by atoms with Gasteiger partial charge in [0.2, 0.25) is 0 Å². The quantitative estimate of drug-likeness (QED) is 0.798. The molecule has 6 heteroatoms. The van der Waals surface area contributed by atoms with Crippen molar-refractivity contribution in [1.29, 1.82) is 0 Å². The molecule has 25 heavy (non-hydrogen) atoms. The highest BCUT2D eigenvalue weighted by atomic mass is 16.1. The Balaban J connectivity index is 1.59. The van der Waals surface area contributed by atoms with Crippen molar-refractivity contribution in [3.8, 4) is 11.4 Å². The number of aromatic nitrogens is 4. The van der Waals surface area contributed by atoms with Crippen LogP contribution in [-0.2, 0) is 6.42 Å². The van der Waals surface area contributed by atoms with E-state index in [0.717, 1.165) is 41.9 Å². The lowest BCUT2D eigenvalue weighted by Crippen LogP contribution is -2.32. The van der Waals surface area contributed by atoms with Crippen LogP contribution in [0.15, 0.2) is 55.1 Å². The Hall–Kier alpha value is -3.15. The summed E-state index contributed by atoms with van der Waals surface area (Å²) in [4.78, 5) is 29.6. The number of nitrogens with one attached hydrogen (secondary N) is 1. The minimum Gasteiger partial charge on any atom is -0.344 e. The SMILES string of the molecule is O=C(N[C@H]1CCCc2nc(-c3ccccc3)ncc21)c1cnccn1. The van der Waals surface area contributed by atoms with Crippen LogP contribution in [0.3, 0.4) is 0 Å². The summed E-state index contributed by atoms with van der Waals surface area (Å²) in [6.07, 6.45) is 9.11. The summed E-state index contributed by atoms with van der Waals surface area (Å²) >= 11 is 0. The monoisotopic (exact) mass is 331 g/mol. The molecule has 3 aromatic rings. The lowest BCUT2D eigenvalue weighted by atomic mass is 9.92. The highest BCUT2D eigenvalue weighted by Crippen LogP contribution is 2.29. The Labute approximate surface area is 145 Å². The van der Waals surface area contributed by atoms with Crippen LogP contribution in [0.25, 0.3) is 11.4 Å². The van der Waals surface area contributed by atoms with E-state index in [4.69, 9.17) is 4.98 Å². The molecule has 6 nitrogen and oxygen atoms in total. The van der Waals surface area contributed by atoms with Crippen molar-refractivity contribution in [2.45, 2.75) is 25.3 Å². The number of hydrogen-bond acceptors (Lipinski definition) is 5. The van der Waals surface area contributed by atoms with E-state index in [1.807, 2.05) is 36.5 Å². The molecule has 1 amide bonds. The number of amides is 1. The van der Waals surface area contributed by atoms with Gasteiger partial charge in [0.05, 0.1) is 12.2 Å². The normalized spacial score (nSPS) is 16.1. The molecule has 0 saturated carbocycles. The average Bonchev–Trinajstić information content (AvgIpc) is 2.69. The van der Waals surface area contributed by atoms with Crippen molar-refractivity contribution in [2.24, 2.45) is 0 Å². The van der Waals surface area contributed by atoms with Crippen molar-refractivity contribution >= 4 is 5.91 Å². The molecule has 0 unspecified atom stereocenters. The molecule has 2 heterocycles. The zero-order chi connectivity index (χ0) is 17.1. The maximum atomic E-state index is 12.4. The maximum Gasteiger partial charge on any atom is 0.271 e. The number of rotatable bonds is 3. The van der Waals surface area contributed by atoms with E-state index in [1.54, 1.807) is 6.20 Å². The Morgan fingerprint density at radius 1 is 1.08 bits per heavy atom. The smallest absolute Gasteiger partial charge is 0.271 e. The van der Waals surface area contributed by atoms with Crippen LogP contribution in [0.4, 0.5) is 0 Å². The topological polar surface area (TPSA) is 80.7 Å². The van der Waals surface area contributed by atoms with Crippen molar-refractivity contribution in [1.82, 2.24) is 25.3 Å². The molecule has 1 aliphatic carbocycles. The summed E-state index contributed by atoms with van der Waals surface area (Å²) in [7, 11) is 0. The van der Waals surface area contributed by atoms with Crippen molar-refractivity contribution in [3.63, 3.8) is 0 Å². The molecule has 1 N–H and O–H groups in total. The first-order valence-electron chi connectivity index (χ1n) is 8.29. The van der Waals surface area contributed by atoms with E-state index in [1.165, 1.54) is 12.4 Å². The fourth-order valence-electron chi connectivity index (χ4n) is 3.07. The number of hydrogen-bond donors (Lipinski definition) is 1. The highest BCUT2D eigenvalue weighted by molar-refractivity contribution is 5.92. The molecule has 0 saturated heterocycles. The predicted molar refractivity (Wildman–Crippen MR) is 92.6 cm³/mol. The van der Waals surface area contributed by atoms with Gasteiger partial charge in [0.15, 0.2) is 5.82 Å². The third-order valence-corrected chi connectivity index (χ3v) is 4.31. The second-order valence-corrected chi connectivity index (χ2v) is 5.97. The first kappa shape index (κ1) is 15.4. The van der Waals surface area contributed by atoms with Crippen LogP contribution in [-0.4, -0.2) is 25.8 Å². The van der Waals surface area contributed by atoms with Crippen molar-refractivity contribution in [3.05, 3.63) is 72.1 Å². The number of nitrogens with zero attached hydrogens (tertiary/aromatic N) is 4. The second kappa shape index (κ2) is 6.76. The van der Waals surface area contributed by atoms with Gasteiger partial charge in [-0.3, -0.25) is 9.78 Å². The Bertz CT molecular complexity index is 883. The van der Waals surface area contributed by atoms with E-state index >= 15 is 0 Å². The summed E-state index contributed by atoms with van der Waals surface area (Å²) in [6, 6.07) is 9.82. The minimum atomic E-state index is -0.224. The fourth-order valence-corrected chi connectivity index (χ4v) is 3.07. The van der Waals surface area contributed by atoms with Crippen LogP contribution >= 0.6 is 0 Å². The first-order valence-corrected chi connectivity index (χ1v) is 8.29. The van der Waals surface area contributed by atoms with Crippen LogP contribution in [0, 0.1) is 0 Å². The largest absolute Gasteiger partial charge is 0.344 e. The second-order valence-electron chi connectivity index (χ2n) is 5.97. The minimum absolute atomic E-state index is 0.0944. The van der Waals surface area contributed by atoms with Crippen LogP contribution in [0.2, 0.25) is 0 Å². The first-order chi connectivity index (χ1) is 12.3. The van der Waals surface area contributed by atoms with Gasteiger partial charge in [-0.2, -0.15) is 0 Å². The molecule has 0 radical (unpaired) electrons. The van der Waals surface area contributed by atoms with E-state index in [2.05, 4.69) is 20.3 Å². The van der Waals surface area contributed by atoms with Gasteiger partial charge in [-0.05, 0) is 19.3 Å². The molecule has 0 bridgehead atoms. The Morgan fingerprint density at radius 2 is 1.96 bits per heavy atom. The number of aryl methyl sites for hydroxylation is 1.